The number of ether oxygens (including phenoxy) is 1. The Morgan fingerprint density at radius 2 is 1.80 bits per heavy atom. The van der Waals surface area contributed by atoms with Crippen molar-refractivity contribution in [3.05, 3.63) is 42.5 Å². The third-order valence-corrected chi connectivity index (χ3v) is 3.09. The molecular formula is C17H21NO2. The molecule has 0 aromatic heterocycles. The molecule has 106 valence electrons. The van der Waals surface area contributed by atoms with Crippen molar-refractivity contribution in [2.75, 3.05) is 6.54 Å². The number of nitrogens with one attached hydrogen (secondary N) is 1. The topological polar surface area (TPSA) is 38.3 Å². The van der Waals surface area contributed by atoms with E-state index < -0.39 is 6.10 Å². The summed E-state index contributed by atoms with van der Waals surface area (Å²) in [5.74, 6) is 1.08. The maximum absolute atomic E-state index is 11.9. The minimum absolute atomic E-state index is 0.0770. The van der Waals surface area contributed by atoms with Gasteiger partial charge in [-0.25, -0.2) is 0 Å². The van der Waals surface area contributed by atoms with Crippen LogP contribution in [0.15, 0.2) is 42.5 Å². The van der Waals surface area contributed by atoms with Gasteiger partial charge in [0.05, 0.1) is 0 Å². The van der Waals surface area contributed by atoms with E-state index in [0.717, 1.165) is 16.5 Å². The standard InChI is InChI=1S/C17H21NO2/c1-12(2)11-18-17(19)13(3)20-16-9-8-14-6-4-5-7-15(14)10-16/h4-10,12-13H,11H2,1-3H3,(H,18,19)/t13-/m1/s1. The first-order valence-electron chi connectivity index (χ1n) is 6.99. The van der Waals surface area contributed by atoms with Crippen LogP contribution in [0.1, 0.15) is 20.8 Å². The number of carbonyl (C=O) groups is 1. The fraction of sp³-hybridized carbons (Fsp3) is 0.353. The van der Waals surface area contributed by atoms with E-state index in [9.17, 15) is 4.79 Å². The summed E-state index contributed by atoms with van der Waals surface area (Å²) in [6.07, 6.45) is -0.491. The van der Waals surface area contributed by atoms with Gasteiger partial charge in [0.1, 0.15) is 5.75 Å². The number of fused-ring (bicyclic) bond motifs is 1. The van der Waals surface area contributed by atoms with Gasteiger partial charge in [0.25, 0.3) is 5.91 Å². The maximum Gasteiger partial charge on any atom is 0.260 e. The van der Waals surface area contributed by atoms with E-state index in [2.05, 4.69) is 25.2 Å². The van der Waals surface area contributed by atoms with Crippen LogP contribution >= 0.6 is 0 Å². The quantitative estimate of drug-likeness (QED) is 0.905. The van der Waals surface area contributed by atoms with Crippen LogP contribution in [0.5, 0.6) is 5.75 Å². The number of carbonyl (C=O) groups excluding carboxylic acids is 1. The lowest BCUT2D eigenvalue weighted by molar-refractivity contribution is -0.127. The number of amides is 1. The highest BCUT2D eigenvalue weighted by molar-refractivity contribution is 5.84. The van der Waals surface area contributed by atoms with E-state index in [0.29, 0.717) is 12.5 Å². The summed E-state index contributed by atoms with van der Waals surface area (Å²) in [6.45, 7) is 6.57. The minimum Gasteiger partial charge on any atom is -0.481 e. The highest BCUT2D eigenvalue weighted by atomic mass is 16.5. The van der Waals surface area contributed by atoms with Gasteiger partial charge >= 0.3 is 0 Å². The normalized spacial score (nSPS) is 12.4. The molecule has 2 aromatic rings. The first-order chi connectivity index (χ1) is 9.56. The lowest BCUT2D eigenvalue weighted by Crippen LogP contribution is -2.38. The zero-order valence-electron chi connectivity index (χ0n) is 12.2. The predicted octanol–water partition coefficient (Wildman–Crippen LogP) is 3.38. The molecular weight excluding hydrogens is 250 g/mol. The van der Waals surface area contributed by atoms with Crippen LogP contribution < -0.4 is 10.1 Å². The van der Waals surface area contributed by atoms with E-state index in [1.165, 1.54) is 0 Å². The van der Waals surface area contributed by atoms with Gasteiger partial charge in [-0.05, 0) is 35.7 Å². The lowest BCUT2D eigenvalue weighted by atomic mass is 10.1. The Hall–Kier alpha value is -2.03. The van der Waals surface area contributed by atoms with Gasteiger partial charge < -0.3 is 10.1 Å². The van der Waals surface area contributed by atoms with Crippen LogP contribution in [0.3, 0.4) is 0 Å². The molecule has 0 aliphatic rings. The highest BCUT2D eigenvalue weighted by Crippen LogP contribution is 2.21. The van der Waals surface area contributed by atoms with Crippen molar-refractivity contribution in [1.29, 1.82) is 0 Å². The van der Waals surface area contributed by atoms with Crippen LogP contribution in [0.25, 0.3) is 10.8 Å². The summed E-state index contributed by atoms with van der Waals surface area (Å²) in [5.41, 5.74) is 0. The first-order valence-corrected chi connectivity index (χ1v) is 6.99. The number of benzene rings is 2. The average molecular weight is 271 g/mol. The Labute approximate surface area is 119 Å². The molecule has 20 heavy (non-hydrogen) atoms. The molecule has 0 heterocycles. The second kappa shape index (κ2) is 6.42. The Balaban J connectivity index is 2.02. The smallest absolute Gasteiger partial charge is 0.260 e. The third kappa shape index (κ3) is 3.73. The maximum atomic E-state index is 11.9. The van der Waals surface area contributed by atoms with Crippen LogP contribution in [0.4, 0.5) is 0 Å². The molecule has 0 aliphatic heterocycles. The van der Waals surface area contributed by atoms with Gasteiger partial charge in [0, 0.05) is 6.54 Å². The van der Waals surface area contributed by atoms with Crippen molar-refractivity contribution in [3.8, 4) is 5.75 Å². The Bertz CT molecular complexity index is 592. The second-order valence-electron chi connectivity index (χ2n) is 5.41. The van der Waals surface area contributed by atoms with Gasteiger partial charge in [0.15, 0.2) is 6.10 Å². The Morgan fingerprint density at radius 3 is 2.50 bits per heavy atom. The van der Waals surface area contributed by atoms with Crippen molar-refractivity contribution >= 4 is 16.7 Å². The van der Waals surface area contributed by atoms with Crippen molar-refractivity contribution in [2.24, 2.45) is 5.92 Å². The van der Waals surface area contributed by atoms with E-state index in [1.54, 1.807) is 6.92 Å². The molecule has 0 saturated heterocycles. The molecule has 1 amide bonds. The van der Waals surface area contributed by atoms with Gasteiger partial charge in [-0.15, -0.1) is 0 Å². The molecule has 2 aromatic carbocycles. The summed E-state index contributed by atoms with van der Waals surface area (Å²) >= 11 is 0. The summed E-state index contributed by atoms with van der Waals surface area (Å²) < 4.78 is 5.70. The SMILES string of the molecule is CC(C)CNC(=O)[C@@H](C)Oc1ccc2ccccc2c1. The molecule has 0 unspecified atom stereocenters. The van der Waals surface area contributed by atoms with Gasteiger partial charge in [-0.1, -0.05) is 44.2 Å². The number of rotatable bonds is 5. The molecule has 2 rings (SSSR count). The van der Waals surface area contributed by atoms with Gasteiger partial charge in [0.2, 0.25) is 0 Å². The van der Waals surface area contributed by atoms with Crippen LogP contribution in [0, 0.1) is 5.92 Å². The van der Waals surface area contributed by atoms with Crippen molar-refractivity contribution in [2.45, 2.75) is 26.9 Å². The molecule has 1 atom stereocenters. The van der Waals surface area contributed by atoms with Crippen molar-refractivity contribution in [3.63, 3.8) is 0 Å². The summed E-state index contributed by atoms with van der Waals surface area (Å²) in [5, 5.41) is 5.15. The highest BCUT2D eigenvalue weighted by Gasteiger charge is 2.14. The van der Waals surface area contributed by atoms with E-state index in [-0.39, 0.29) is 5.91 Å². The van der Waals surface area contributed by atoms with Crippen LogP contribution in [0.2, 0.25) is 0 Å². The van der Waals surface area contributed by atoms with Gasteiger partial charge in [-0.2, -0.15) is 0 Å². The Kier molecular flexibility index (Phi) is 4.61. The third-order valence-electron chi connectivity index (χ3n) is 3.09. The van der Waals surface area contributed by atoms with E-state index in [1.807, 2.05) is 36.4 Å². The number of hydrogen-bond donors (Lipinski definition) is 1. The predicted molar refractivity (Wildman–Crippen MR) is 81.9 cm³/mol. The largest absolute Gasteiger partial charge is 0.481 e. The molecule has 0 fully saturated rings. The molecule has 0 bridgehead atoms. The summed E-state index contributed by atoms with van der Waals surface area (Å²) in [4.78, 5) is 11.9. The average Bonchev–Trinajstić information content (AvgIpc) is 2.44. The Morgan fingerprint density at radius 1 is 1.10 bits per heavy atom. The van der Waals surface area contributed by atoms with Crippen molar-refractivity contribution in [1.82, 2.24) is 5.32 Å². The zero-order chi connectivity index (χ0) is 14.5. The van der Waals surface area contributed by atoms with E-state index >= 15 is 0 Å². The molecule has 3 heteroatoms. The summed E-state index contributed by atoms with van der Waals surface area (Å²) in [7, 11) is 0. The fourth-order valence-corrected chi connectivity index (χ4v) is 1.95. The molecule has 3 nitrogen and oxygen atoms in total. The van der Waals surface area contributed by atoms with E-state index in [4.69, 9.17) is 4.74 Å². The summed E-state index contributed by atoms with van der Waals surface area (Å²) in [6, 6.07) is 13.9. The van der Waals surface area contributed by atoms with Gasteiger partial charge in [-0.3, -0.25) is 4.79 Å². The van der Waals surface area contributed by atoms with Crippen LogP contribution in [-0.2, 0) is 4.79 Å². The molecule has 0 aliphatic carbocycles. The zero-order valence-corrected chi connectivity index (χ0v) is 12.2. The molecule has 0 saturated carbocycles. The molecule has 0 radical (unpaired) electrons. The van der Waals surface area contributed by atoms with Crippen molar-refractivity contribution < 1.29 is 9.53 Å². The first kappa shape index (κ1) is 14.4. The fourth-order valence-electron chi connectivity index (χ4n) is 1.95. The molecule has 1 N–H and O–H groups in total. The lowest BCUT2D eigenvalue weighted by Gasteiger charge is -2.16. The second-order valence-corrected chi connectivity index (χ2v) is 5.41. The molecule has 0 spiro atoms. The monoisotopic (exact) mass is 271 g/mol. The van der Waals surface area contributed by atoms with Crippen LogP contribution in [-0.4, -0.2) is 18.6 Å². The number of hydrogen-bond acceptors (Lipinski definition) is 2. The minimum atomic E-state index is -0.491.